The molecule has 0 saturated heterocycles. The number of fused-ring (bicyclic) bond motifs is 3. The van der Waals surface area contributed by atoms with Crippen LogP contribution in [0.2, 0.25) is 0 Å². The molecular weight excluding hydrogens is 366 g/mol. The molecule has 4 N–H and O–H groups in total. The third-order valence-corrected chi connectivity index (χ3v) is 6.83. The molecule has 0 aromatic heterocycles. The van der Waals surface area contributed by atoms with Crippen molar-refractivity contribution < 1.29 is 14.7 Å². The monoisotopic (exact) mass is 401 g/mol. The fourth-order valence-electron chi connectivity index (χ4n) is 5.38. The molecule has 0 heterocycles. The molecule has 2 aliphatic carbocycles. The lowest BCUT2D eigenvalue weighted by molar-refractivity contribution is -0.136. The molecule has 0 spiro atoms. The first kappa shape index (κ1) is 21.8. The van der Waals surface area contributed by atoms with E-state index in [0.717, 1.165) is 37.8 Å². The first-order valence-electron chi connectivity index (χ1n) is 10.8. The standard InChI is InChI=1S/C23H35N3O3/c1-14(2)25-20(13-27)21(28)26-16-9-7-15-8-10-19-17(18(15)12-16)6-5-11-23(19,3)22(29)24-4/h7,9,12,14,17,19-20,25,27H,5-6,8,10-11,13H2,1-4H3,(H,24,29)(H,26,28). The number of aryl methyl sites for hydroxylation is 1. The van der Waals surface area contributed by atoms with Crippen molar-refractivity contribution in [1.82, 2.24) is 10.6 Å². The van der Waals surface area contributed by atoms with Crippen LogP contribution in [0.4, 0.5) is 5.69 Å². The zero-order valence-corrected chi connectivity index (χ0v) is 18.0. The van der Waals surface area contributed by atoms with Gasteiger partial charge >= 0.3 is 0 Å². The summed E-state index contributed by atoms with van der Waals surface area (Å²) in [5, 5.41) is 18.5. The number of hydrogen-bond donors (Lipinski definition) is 4. The van der Waals surface area contributed by atoms with Gasteiger partial charge in [-0.05, 0) is 60.8 Å². The lowest BCUT2D eigenvalue weighted by Crippen LogP contribution is -2.48. The van der Waals surface area contributed by atoms with Crippen LogP contribution >= 0.6 is 0 Å². The summed E-state index contributed by atoms with van der Waals surface area (Å²) < 4.78 is 0. The number of carbonyl (C=O) groups is 2. The van der Waals surface area contributed by atoms with Gasteiger partial charge in [-0.25, -0.2) is 0 Å². The van der Waals surface area contributed by atoms with Gasteiger partial charge in [-0.2, -0.15) is 0 Å². The zero-order chi connectivity index (χ0) is 21.2. The van der Waals surface area contributed by atoms with Gasteiger partial charge in [0.1, 0.15) is 6.04 Å². The van der Waals surface area contributed by atoms with Gasteiger partial charge in [0.25, 0.3) is 0 Å². The average Bonchev–Trinajstić information content (AvgIpc) is 2.71. The average molecular weight is 402 g/mol. The lowest BCUT2D eigenvalue weighted by Gasteiger charge is -2.48. The van der Waals surface area contributed by atoms with E-state index in [1.165, 1.54) is 11.1 Å². The van der Waals surface area contributed by atoms with E-state index in [2.05, 4.69) is 35.0 Å². The first-order valence-corrected chi connectivity index (χ1v) is 10.8. The normalized spacial score (nSPS) is 27.0. The van der Waals surface area contributed by atoms with Crippen molar-refractivity contribution in [2.45, 2.75) is 70.9 Å². The molecule has 160 valence electrons. The Hall–Kier alpha value is -1.92. The number of rotatable bonds is 6. The minimum Gasteiger partial charge on any atom is -0.394 e. The predicted octanol–water partition coefficient (Wildman–Crippen LogP) is 2.57. The highest BCUT2D eigenvalue weighted by molar-refractivity contribution is 5.95. The third kappa shape index (κ3) is 4.33. The molecule has 2 amide bonds. The van der Waals surface area contributed by atoms with Gasteiger partial charge in [-0.3, -0.25) is 9.59 Å². The van der Waals surface area contributed by atoms with Crippen LogP contribution in [0.1, 0.15) is 63.5 Å². The number of hydrogen-bond acceptors (Lipinski definition) is 4. The fourth-order valence-corrected chi connectivity index (χ4v) is 5.38. The van der Waals surface area contributed by atoms with E-state index < -0.39 is 6.04 Å². The molecule has 2 aliphatic rings. The van der Waals surface area contributed by atoms with Gasteiger partial charge in [-0.15, -0.1) is 0 Å². The molecule has 6 heteroatoms. The summed E-state index contributed by atoms with van der Waals surface area (Å²) in [5.74, 6) is 0.578. The predicted molar refractivity (Wildman–Crippen MR) is 115 cm³/mol. The van der Waals surface area contributed by atoms with Crippen molar-refractivity contribution in [3.63, 3.8) is 0 Å². The summed E-state index contributed by atoms with van der Waals surface area (Å²) in [7, 11) is 1.73. The van der Waals surface area contributed by atoms with Crippen molar-refractivity contribution in [2.75, 3.05) is 19.0 Å². The van der Waals surface area contributed by atoms with Gasteiger partial charge in [0.15, 0.2) is 0 Å². The lowest BCUT2D eigenvalue weighted by atomic mass is 9.56. The molecule has 1 aromatic carbocycles. The topological polar surface area (TPSA) is 90.5 Å². The molecule has 3 rings (SSSR count). The second-order valence-corrected chi connectivity index (χ2v) is 9.10. The Labute approximate surface area is 173 Å². The highest BCUT2D eigenvalue weighted by Gasteiger charge is 2.48. The van der Waals surface area contributed by atoms with E-state index in [0.29, 0.717) is 11.8 Å². The summed E-state index contributed by atoms with van der Waals surface area (Å²) in [5.41, 5.74) is 3.01. The number of nitrogens with one attached hydrogen (secondary N) is 3. The Kier molecular flexibility index (Phi) is 6.64. The number of aliphatic hydroxyl groups excluding tert-OH is 1. The summed E-state index contributed by atoms with van der Waals surface area (Å²) in [6.45, 7) is 5.76. The highest BCUT2D eigenvalue weighted by atomic mass is 16.3. The maximum atomic E-state index is 12.7. The molecule has 0 aliphatic heterocycles. The zero-order valence-electron chi connectivity index (χ0n) is 18.0. The first-order chi connectivity index (χ1) is 13.8. The van der Waals surface area contributed by atoms with E-state index in [1.54, 1.807) is 7.05 Å². The molecule has 0 bridgehead atoms. The quantitative estimate of drug-likeness (QED) is 0.590. The molecule has 4 atom stereocenters. The molecule has 0 radical (unpaired) electrons. The maximum absolute atomic E-state index is 12.7. The molecule has 29 heavy (non-hydrogen) atoms. The molecule has 1 aromatic rings. The largest absolute Gasteiger partial charge is 0.394 e. The second kappa shape index (κ2) is 8.84. The van der Waals surface area contributed by atoms with Gasteiger partial charge in [0.05, 0.1) is 6.61 Å². The van der Waals surface area contributed by atoms with Crippen LogP contribution in [0.25, 0.3) is 0 Å². The minimum absolute atomic E-state index is 0.104. The van der Waals surface area contributed by atoms with Crippen LogP contribution in [0.15, 0.2) is 18.2 Å². The number of benzene rings is 1. The molecular formula is C23H35N3O3. The minimum atomic E-state index is -0.634. The van der Waals surface area contributed by atoms with E-state index in [9.17, 15) is 14.7 Å². The molecule has 1 saturated carbocycles. The van der Waals surface area contributed by atoms with Crippen LogP contribution in [-0.2, 0) is 16.0 Å². The Balaban J connectivity index is 1.83. The Bertz CT molecular complexity index is 764. The van der Waals surface area contributed by atoms with Crippen LogP contribution in [0.5, 0.6) is 0 Å². The van der Waals surface area contributed by atoms with Crippen LogP contribution in [0, 0.1) is 11.3 Å². The Morgan fingerprint density at radius 3 is 2.69 bits per heavy atom. The van der Waals surface area contributed by atoms with Gasteiger partial charge < -0.3 is 21.1 Å². The number of anilines is 1. The van der Waals surface area contributed by atoms with Crippen molar-refractivity contribution in [3.05, 3.63) is 29.3 Å². The highest BCUT2D eigenvalue weighted by Crippen LogP contribution is 2.54. The van der Waals surface area contributed by atoms with Crippen molar-refractivity contribution in [2.24, 2.45) is 11.3 Å². The maximum Gasteiger partial charge on any atom is 0.243 e. The molecule has 1 fully saturated rings. The summed E-state index contributed by atoms with van der Waals surface area (Å²) in [6, 6.07) is 5.61. The summed E-state index contributed by atoms with van der Waals surface area (Å²) in [4.78, 5) is 25.2. The van der Waals surface area contributed by atoms with Crippen LogP contribution in [0.3, 0.4) is 0 Å². The van der Waals surface area contributed by atoms with Gasteiger partial charge in [-0.1, -0.05) is 33.3 Å². The van der Waals surface area contributed by atoms with E-state index in [-0.39, 0.29) is 29.9 Å². The van der Waals surface area contributed by atoms with Gasteiger partial charge in [0.2, 0.25) is 11.8 Å². The fraction of sp³-hybridized carbons (Fsp3) is 0.652. The van der Waals surface area contributed by atoms with E-state index in [4.69, 9.17) is 0 Å². The molecule has 4 unspecified atom stereocenters. The number of aliphatic hydroxyl groups is 1. The smallest absolute Gasteiger partial charge is 0.243 e. The Morgan fingerprint density at radius 1 is 1.28 bits per heavy atom. The van der Waals surface area contributed by atoms with Crippen molar-refractivity contribution in [3.8, 4) is 0 Å². The van der Waals surface area contributed by atoms with Crippen LogP contribution < -0.4 is 16.0 Å². The summed E-state index contributed by atoms with van der Waals surface area (Å²) >= 11 is 0. The van der Waals surface area contributed by atoms with Crippen molar-refractivity contribution in [1.29, 1.82) is 0 Å². The van der Waals surface area contributed by atoms with Crippen molar-refractivity contribution >= 4 is 17.5 Å². The number of amides is 2. The van der Waals surface area contributed by atoms with E-state index >= 15 is 0 Å². The number of carbonyl (C=O) groups excluding carboxylic acids is 2. The second-order valence-electron chi connectivity index (χ2n) is 9.10. The third-order valence-electron chi connectivity index (χ3n) is 6.83. The summed E-state index contributed by atoms with van der Waals surface area (Å²) in [6.07, 6.45) is 5.03. The van der Waals surface area contributed by atoms with Crippen LogP contribution in [-0.4, -0.2) is 42.7 Å². The van der Waals surface area contributed by atoms with E-state index in [1.807, 2.05) is 19.9 Å². The SMILES string of the molecule is CNC(=O)C1(C)CCCC2c3cc(NC(=O)C(CO)NC(C)C)ccc3CCC21. The Morgan fingerprint density at radius 2 is 2.03 bits per heavy atom. The molecule has 6 nitrogen and oxygen atoms in total. The van der Waals surface area contributed by atoms with Gasteiger partial charge in [0, 0.05) is 24.2 Å².